The minimum absolute atomic E-state index is 0.0337. The second-order valence-corrected chi connectivity index (χ2v) is 3.09. The lowest BCUT2D eigenvalue weighted by molar-refractivity contribution is -0.140. The molecule has 1 N–H and O–H groups in total. The number of esters is 1. The highest BCUT2D eigenvalue weighted by Crippen LogP contribution is 2.08. The van der Waals surface area contributed by atoms with Gasteiger partial charge in [-0.2, -0.15) is 0 Å². The summed E-state index contributed by atoms with van der Waals surface area (Å²) in [5.41, 5.74) is 0.188. The van der Waals surface area contributed by atoms with Crippen LogP contribution in [0.5, 0.6) is 0 Å². The van der Waals surface area contributed by atoms with Crippen molar-refractivity contribution in [2.45, 2.75) is 13.5 Å². The summed E-state index contributed by atoms with van der Waals surface area (Å²) in [7, 11) is 0. The Balaban J connectivity index is 0.00000137. The van der Waals surface area contributed by atoms with E-state index in [1.165, 1.54) is 6.92 Å². The molecule has 1 rings (SSSR count). The van der Waals surface area contributed by atoms with Gasteiger partial charge in [-0.3, -0.25) is 0 Å². The van der Waals surface area contributed by atoms with E-state index < -0.39 is 17.4 Å². The molecule has 0 unspecified atom stereocenters. The van der Waals surface area contributed by atoms with Gasteiger partial charge in [0.25, 0.3) is 0 Å². The lowest BCUT2D eigenvalue weighted by Crippen LogP contribution is -2.08. The third-order valence-electron chi connectivity index (χ3n) is 1.84. The van der Waals surface area contributed by atoms with Crippen LogP contribution in [0.4, 0.5) is 0 Å². The van der Waals surface area contributed by atoms with Gasteiger partial charge in [-0.1, -0.05) is 30.3 Å². The van der Waals surface area contributed by atoms with E-state index in [0.717, 1.165) is 5.56 Å². The lowest BCUT2D eigenvalue weighted by atomic mass is 10.2. The average Bonchev–Trinajstić information content (AvgIpc) is 2.40. The van der Waals surface area contributed by atoms with Gasteiger partial charge in [0.15, 0.2) is 0 Å². The van der Waals surface area contributed by atoms with E-state index in [2.05, 4.69) is 18.3 Å². The molecule has 0 atom stereocenters. The van der Waals surface area contributed by atoms with Crippen LogP contribution in [0.1, 0.15) is 12.5 Å². The zero-order valence-corrected chi connectivity index (χ0v) is 10.1. The number of aliphatic hydroxyl groups is 1. The number of benzene rings is 1. The summed E-state index contributed by atoms with van der Waals surface area (Å²) in [6.45, 7) is 7.23. The number of ether oxygens (including phenoxy) is 1. The highest BCUT2D eigenvalue weighted by Gasteiger charge is 2.15. The van der Waals surface area contributed by atoms with Crippen molar-refractivity contribution < 1.29 is 14.6 Å². The largest absolute Gasteiger partial charge is 0.510 e. The molecule has 0 radical (unpaired) electrons. The predicted molar refractivity (Wildman–Crippen MR) is 68.6 cm³/mol. The van der Waals surface area contributed by atoms with Crippen LogP contribution in [-0.2, 0) is 16.1 Å². The van der Waals surface area contributed by atoms with Gasteiger partial charge in [0.2, 0.25) is 5.70 Å². The molecule has 0 aromatic heterocycles. The first-order valence-electron chi connectivity index (χ1n) is 5.09. The number of carbonyl (C=O) groups is 1. The zero-order chi connectivity index (χ0) is 14.0. The number of aliphatic hydroxyl groups excluding tert-OH is 1. The molecule has 0 fully saturated rings. The Morgan fingerprint density at radius 1 is 1.33 bits per heavy atom. The summed E-state index contributed by atoms with van der Waals surface area (Å²) < 4.78 is 4.79. The summed E-state index contributed by atoms with van der Waals surface area (Å²) in [6.07, 6.45) is 0. The lowest BCUT2D eigenvalue weighted by Gasteiger charge is -2.03. The van der Waals surface area contributed by atoms with E-state index in [1.54, 1.807) is 24.3 Å². The minimum atomic E-state index is -0.932. The molecule has 0 spiro atoms. The van der Waals surface area contributed by atoms with Gasteiger partial charge in [0.05, 0.1) is 0 Å². The van der Waals surface area contributed by atoms with Crippen LogP contribution >= 0.6 is 0 Å². The molecule has 1 aromatic carbocycles. The van der Waals surface area contributed by atoms with Crippen LogP contribution < -0.4 is 0 Å². The van der Waals surface area contributed by atoms with Gasteiger partial charge < -0.3 is 9.84 Å². The Bertz CT molecular complexity index is 422. The van der Waals surface area contributed by atoms with E-state index in [9.17, 15) is 9.70 Å². The summed E-state index contributed by atoms with van der Waals surface area (Å²) in [5.74, 6) is -1.38. The number of carbonyl (C=O) groups excluding carboxylic acids is 1. The van der Waals surface area contributed by atoms with E-state index >= 15 is 0 Å². The standard InChI is InChI=1S/C11H11NO4.C2H4/c1-8(13)10(12-15)11(14)16-7-9-5-3-2-4-6-9;1-2/h2-6,13H,7H2,1H3;1-2H2. The SMILES string of the molecule is C=C.CC(O)=C(N=O)C(=O)OCc1ccccc1. The smallest absolute Gasteiger partial charge is 0.364 e. The molecular formula is C13H15NO4. The molecule has 0 aliphatic heterocycles. The number of nitrogens with zero attached hydrogens (tertiary/aromatic N) is 1. The summed E-state index contributed by atoms with van der Waals surface area (Å²) in [5, 5.41) is 11.4. The second kappa shape index (κ2) is 8.69. The Hall–Kier alpha value is -2.43. The molecule has 96 valence electrons. The molecule has 0 heterocycles. The average molecular weight is 249 g/mol. The van der Waals surface area contributed by atoms with Gasteiger partial charge in [-0.05, 0) is 17.7 Å². The van der Waals surface area contributed by atoms with Crippen molar-refractivity contribution in [2.75, 3.05) is 0 Å². The van der Waals surface area contributed by atoms with Crippen LogP contribution in [0, 0.1) is 4.91 Å². The van der Waals surface area contributed by atoms with Crippen molar-refractivity contribution in [2.24, 2.45) is 5.18 Å². The van der Waals surface area contributed by atoms with E-state index in [1.807, 2.05) is 6.07 Å². The highest BCUT2D eigenvalue weighted by molar-refractivity contribution is 5.88. The third-order valence-corrected chi connectivity index (χ3v) is 1.84. The number of hydrogen-bond donors (Lipinski definition) is 1. The van der Waals surface area contributed by atoms with Crippen molar-refractivity contribution in [3.63, 3.8) is 0 Å². The zero-order valence-electron chi connectivity index (χ0n) is 10.1. The fourth-order valence-corrected chi connectivity index (χ4v) is 1.04. The van der Waals surface area contributed by atoms with Crippen LogP contribution in [0.25, 0.3) is 0 Å². The summed E-state index contributed by atoms with van der Waals surface area (Å²) in [6, 6.07) is 8.99. The Labute approximate surface area is 105 Å². The van der Waals surface area contributed by atoms with Gasteiger partial charge in [-0.15, -0.1) is 18.1 Å². The molecule has 18 heavy (non-hydrogen) atoms. The van der Waals surface area contributed by atoms with Crippen LogP contribution in [0.2, 0.25) is 0 Å². The topological polar surface area (TPSA) is 76.0 Å². The molecule has 0 aliphatic rings. The highest BCUT2D eigenvalue weighted by atomic mass is 16.5. The molecule has 0 amide bonds. The Morgan fingerprint density at radius 3 is 2.33 bits per heavy atom. The first-order valence-corrected chi connectivity index (χ1v) is 5.09. The number of rotatable bonds is 4. The maximum atomic E-state index is 11.3. The third kappa shape index (κ3) is 5.07. The predicted octanol–water partition coefficient (Wildman–Crippen LogP) is 3.09. The molecule has 5 heteroatoms. The number of nitroso groups, excluding NO2 is 1. The molecule has 0 bridgehead atoms. The van der Waals surface area contributed by atoms with Gasteiger partial charge in [-0.25, -0.2) is 4.79 Å². The normalized spacial score (nSPS) is 10.5. The Morgan fingerprint density at radius 2 is 1.89 bits per heavy atom. The monoisotopic (exact) mass is 249 g/mol. The first kappa shape index (κ1) is 15.6. The van der Waals surface area contributed by atoms with Crippen LogP contribution in [-0.4, -0.2) is 11.1 Å². The van der Waals surface area contributed by atoms with E-state index in [-0.39, 0.29) is 6.61 Å². The van der Waals surface area contributed by atoms with Crippen molar-refractivity contribution in [1.29, 1.82) is 0 Å². The van der Waals surface area contributed by atoms with Crippen molar-refractivity contribution in [3.05, 3.63) is 65.4 Å². The van der Waals surface area contributed by atoms with Crippen molar-refractivity contribution in [3.8, 4) is 0 Å². The summed E-state index contributed by atoms with van der Waals surface area (Å²) in [4.78, 5) is 21.5. The molecular weight excluding hydrogens is 234 g/mol. The van der Waals surface area contributed by atoms with Crippen molar-refractivity contribution in [1.82, 2.24) is 0 Å². The fourth-order valence-electron chi connectivity index (χ4n) is 1.04. The van der Waals surface area contributed by atoms with E-state index in [4.69, 9.17) is 9.84 Å². The van der Waals surface area contributed by atoms with Crippen LogP contribution in [0.3, 0.4) is 0 Å². The maximum absolute atomic E-state index is 11.3. The number of hydrogen-bond acceptors (Lipinski definition) is 5. The second-order valence-electron chi connectivity index (χ2n) is 3.09. The molecule has 5 nitrogen and oxygen atoms in total. The van der Waals surface area contributed by atoms with Gasteiger partial charge >= 0.3 is 5.97 Å². The first-order chi connectivity index (χ1) is 8.65. The molecule has 0 saturated heterocycles. The quantitative estimate of drug-likeness (QED) is 0.292. The van der Waals surface area contributed by atoms with Gasteiger partial charge in [0.1, 0.15) is 12.4 Å². The van der Waals surface area contributed by atoms with E-state index in [0.29, 0.717) is 0 Å². The fraction of sp³-hybridized carbons (Fsp3) is 0.154. The van der Waals surface area contributed by atoms with Gasteiger partial charge in [0, 0.05) is 0 Å². The maximum Gasteiger partial charge on any atom is 0.364 e. The molecule has 0 aliphatic carbocycles. The van der Waals surface area contributed by atoms with Crippen molar-refractivity contribution >= 4 is 5.97 Å². The van der Waals surface area contributed by atoms with Crippen LogP contribution in [0.15, 0.2) is 60.1 Å². The number of allylic oxidation sites excluding steroid dienone is 1. The molecule has 1 aromatic rings. The Kier molecular flexibility index (Phi) is 7.52. The summed E-state index contributed by atoms with van der Waals surface area (Å²) >= 11 is 0. The minimum Gasteiger partial charge on any atom is -0.510 e. The molecule has 0 saturated carbocycles.